The number of methoxy groups -OCH3 is 1. The highest BCUT2D eigenvalue weighted by Crippen LogP contribution is 2.28. The molecular formula is C29H33N5O4. The summed E-state index contributed by atoms with van der Waals surface area (Å²) in [5.74, 6) is 2.46. The summed E-state index contributed by atoms with van der Waals surface area (Å²) >= 11 is 0. The molecule has 9 heteroatoms. The SMILES string of the molecule is COc1ccc2c(CC(=O)NC[C@H]3CC[C@@H](Nc4nc(N(C)C)c5ccccc5n4)CC3)cc(=O)oc2c1. The molecule has 9 nitrogen and oxygen atoms in total. The molecule has 0 bridgehead atoms. The Morgan fingerprint density at radius 1 is 1.05 bits per heavy atom. The van der Waals surface area contributed by atoms with E-state index in [2.05, 4.69) is 10.6 Å². The highest BCUT2D eigenvalue weighted by atomic mass is 16.5. The van der Waals surface area contributed by atoms with Gasteiger partial charge in [0.05, 0.1) is 19.0 Å². The highest BCUT2D eigenvalue weighted by molar-refractivity contribution is 5.90. The third kappa shape index (κ3) is 5.72. The fraction of sp³-hybridized carbons (Fsp3) is 0.379. The van der Waals surface area contributed by atoms with E-state index in [1.165, 1.54) is 6.07 Å². The van der Waals surface area contributed by atoms with E-state index in [4.69, 9.17) is 19.1 Å². The van der Waals surface area contributed by atoms with Gasteiger partial charge in [-0.3, -0.25) is 4.79 Å². The summed E-state index contributed by atoms with van der Waals surface area (Å²) in [7, 11) is 5.53. The third-order valence-corrected chi connectivity index (χ3v) is 7.16. The molecule has 1 amide bonds. The van der Waals surface area contributed by atoms with Crippen molar-refractivity contribution >= 4 is 39.5 Å². The maximum Gasteiger partial charge on any atom is 0.336 e. The van der Waals surface area contributed by atoms with Crippen molar-refractivity contribution in [1.82, 2.24) is 15.3 Å². The molecule has 0 aliphatic heterocycles. The van der Waals surface area contributed by atoms with E-state index >= 15 is 0 Å². The zero-order valence-corrected chi connectivity index (χ0v) is 22.0. The molecule has 0 saturated heterocycles. The minimum atomic E-state index is -0.479. The maximum absolute atomic E-state index is 12.7. The van der Waals surface area contributed by atoms with Crippen LogP contribution in [0.1, 0.15) is 31.2 Å². The maximum atomic E-state index is 12.7. The number of carbonyl (C=O) groups excluding carboxylic acids is 1. The molecule has 0 atom stereocenters. The predicted molar refractivity (Wildman–Crippen MR) is 149 cm³/mol. The van der Waals surface area contributed by atoms with E-state index in [-0.39, 0.29) is 12.3 Å². The first kappa shape index (κ1) is 25.5. The van der Waals surface area contributed by atoms with Crippen LogP contribution in [0.25, 0.3) is 21.9 Å². The van der Waals surface area contributed by atoms with E-state index in [1.807, 2.05) is 49.3 Å². The normalized spacial score (nSPS) is 17.3. The molecule has 1 aliphatic rings. The lowest BCUT2D eigenvalue weighted by Gasteiger charge is -2.29. The van der Waals surface area contributed by atoms with Crippen LogP contribution in [0.3, 0.4) is 0 Å². The monoisotopic (exact) mass is 515 g/mol. The van der Waals surface area contributed by atoms with Gasteiger partial charge in [0.1, 0.15) is 17.2 Å². The fourth-order valence-corrected chi connectivity index (χ4v) is 5.14. The molecule has 0 radical (unpaired) electrons. The van der Waals surface area contributed by atoms with Gasteiger partial charge in [0.15, 0.2) is 0 Å². The van der Waals surface area contributed by atoms with Crippen LogP contribution in [0.5, 0.6) is 5.75 Å². The average Bonchev–Trinajstić information content (AvgIpc) is 2.91. The molecular weight excluding hydrogens is 482 g/mol. The minimum absolute atomic E-state index is 0.103. The Kier molecular flexibility index (Phi) is 7.44. The molecule has 198 valence electrons. The zero-order valence-electron chi connectivity index (χ0n) is 22.0. The van der Waals surface area contributed by atoms with Gasteiger partial charge in [0.2, 0.25) is 11.9 Å². The molecule has 2 aromatic carbocycles. The third-order valence-electron chi connectivity index (χ3n) is 7.16. The fourth-order valence-electron chi connectivity index (χ4n) is 5.14. The number of carbonyl (C=O) groups is 1. The largest absolute Gasteiger partial charge is 0.497 e. The Morgan fingerprint density at radius 3 is 2.61 bits per heavy atom. The summed E-state index contributed by atoms with van der Waals surface area (Å²) in [6.45, 7) is 0.621. The summed E-state index contributed by atoms with van der Waals surface area (Å²) in [6, 6.07) is 15.0. The van der Waals surface area contributed by atoms with E-state index in [0.29, 0.717) is 41.3 Å². The second-order valence-electron chi connectivity index (χ2n) is 10.1. The summed E-state index contributed by atoms with van der Waals surface area (Å²) < 4.78 is 10.5. The standard InChI is InChI=1S/C29H33N5O4/c1-34(2)28-23-6-4-5-7-24(23)32-29(33-28)31-20-10-8-18(9-11-20)17-30-26(35)14-19-15-27(36)38-25-16-21(37-3)12-13-22(19)25/h4-7,12-13,15-16,18,20H,8-11,14,17H2,1-3H3,(H,30,35)(H,31,32,33)/t18-,20+. The van der Waals surface area contributed by atoms with Crippen molar-refractivity contribution in [3.05, 3.63) is 64.5 Å². The highest BCUT2D eigenvalue weighted by Gasteiger charge is 2.23. The quantitative estimate of drug-likeness (QED) is 0.337. The van der Waals surface area contributed by atoms with Crippen LogP contribution in [0.4, 0.5) is 11.8 Å². The number of anilines is 2. The number of amides is 1. The van der Waals surface area contributed by atoms with Crippen LogP contribution >= 0.6 is 0 Å². The van der Waals surface area contributed by atoms with Gasteiger partial charge in [0, 0.05) is 49.6 Å². The number of hydrogen-bond acceptors (Lipinski definition) is 8. The summed E-state index contributed by atoms with van der Waals surface area (Å²) in [5, 5.41) is 8.37. The molecule has 2 N–H and O–H groups in total. The van der Waals surface area contributed by atoms with Crippen LogP contribution in [0.2, 0.25) is 0 Å². The first-order valence-corrected chi connectivity index (χ1v) is 13.0. The Morgan fingerprint density at radius 2 is 1.84 bits per heavy atom. The van der Waals surface area contributed by atoms with Crippen molar-refractivity contribution in [2.24, 2.45) is 5.92 Å². The van der Waals surface area contributed by atoms with Gasteiger partial charge in [-0.15, -0.1) is 0 Å². The number of rotatable bonds is 8. The number of benzene rings is 2. The van der Waals surface area contributed by atoms with Crippen LogP contribution in [0, 0.1) is 5.92 Å². The van der Waals surface area contributed by atoms with E-state index < -0.39 is 5.63 Å². The van der Waals surface area contributed by atoms with Crippen molar-refractivity contribution in [2.75, 3.05) is 38.0 Å². The number of hydrogen-bond donors (Lipinski definition) is 2. The first-order chi connectivity index (χ1) is 18.4. The number of fused-ring (bicyclic) bond motifs is 2. The van der Waals surface area contributed by atoms with E-state index in [0.717, 1.165) is 47.8 Å². The van der Waals surface area contributed by atoms with Gasteiger partial charge >= 0.3 is 5.63 Å². The smallest absolute Gasteiger partial charge is 0.336 e. The molecule has 1 aliphatic carbocycles. The van der Waals surface area contributed by atoms with Crippen molar-refractivity contribution < 1.29 is 13.9 Å². The number of para-hydroxylation sites is 1. The van der Waals surface area contributed by atoms with Crippen molar-refractivity contribution in [2.45, 2.75) is 38.1 Å². The molecule has 0 unspecified atom stereocenters. The number of ether oxygens (including phenoxy) is 1. The number of aromatic nitrogens is 2. The molecule has 1 saturated carbocycles. The van der Waals surface area contributed by atoms with Gasteiger partial charge in [-0.2, -0.15) is 4.98 Å². The molecule has 2 aromatic heterocycles. The molecule has 0 spiro atoms. The zero-order chi connectivity index (χ0) is 26.6. The topological polar surface area (TPSA) is 110 Å². The summed E-state index contributed by atoms with van der Waals surface area (Å²) in [5.41, 5.74) is 1.51. The van der Waals surface area contributed by atoms with Gasteiger partial charge in [0.25, 0.3) is 0 Å². The Balaban J connectivity index is 1.15. The molecule has 1 fully saturated rings. The first-order valence-electron chi connectivity index (χ1n) is 13.0. The van der Waals surface area contributed by atoms with E-state index in [1.54, 1.807) is 19.2 Å². The molecule has 4 aromatic rings. The van der Waals surface area contributed by atoms with Crippen LogP contribution < -0.4 is 25.9 Å². The van der Waals surface area contributed by atoms with Crippen molar-refractivity contribution in [1.29, 1.82) is 0 Å². The van der Waals surface area contributed by atoms with Crippen molar-refractivity contribution in [3.8, 4) is 5.75 Å². The Hall–Kier alpha value is -4.14. The lowest BCUT2D eigenvalue weighted by Crippen LogP contribution is -2.35. The molecule has 2 heterocycles. The second-order valence-corrected chi connectivity index (χ2v) is 10.1. The van der Waals surface area contributed by atoms with Crippen molar-refractivity contribution in [3.63, 3.8) is 0 Å². The lowest BCUT2D eigenvalue weighted by molar-refractivity contribution is -0.120. The molecule has 5 rings (SSSR count). The van der Waals surface area contributed by atoms with Crippen LogP contribution in [0.15, 0.2) is 57.7 Å². The van der Waals surface area contributed by atoms with Gasteiger partial charge in [-0.05, 0) is 61.4 Å². The molecule has 38 heavy (non-hydrogen) atoms. The predicted octanol–water partition coefficient (Wildman–Crippen LogP) is 4.14. The Bertz CT molecular complexity index is 1510. The van der Waals surface area contributed by atoms with E-state index in [9.17, 15) is 9.59 Å². The summed E-state index contributed by atoms with van der Waals surface area (Å²) in [6.07, 6.45) is 4.10. The lowest BCUT2D eigenvalue weighted by atomic mass is 9.86. The second kappa shape index (κ2) is 11.1. The number of nitrogens with zero attached hydrogens (tertiary/aromatic N) is 3. The van der Waals surface area contributed by atoms with Gasteiger partial charge in [-0.1, -0.05) is 12.1 Å². The average molecular weight is 516 g/mol. The Labute approximate surface area is 221 Å². The van der Waals surface area contributed by atoms with Gasteiger partial charge in [-0.25, -0.2) is 9.78 Å². The minimum Gasteiger partial charge on any atom is -0.497 e. The number of nitrogens with one attached hydrogen (secondary N) is 2. The van der Waals surface area contributed by atoms with Crippen LogP contribution in [-0.2, 0) is 11.2 Å². The summed E-state index contributed by atoms with van der Waals surface area (Å²) in [4.78, 5) is 36.2. The van der Waals surface area contributed by atoms with Crippen LogP contribution in [-0.4, -0.2) is 49.7 Å². The van der Waals surface area contributed by atoms with Gasteiger partial charge < -0.3 is 24.7 Å².